The van der Waals surface area contributed by atoms with Crippen LogP contribution in [-0.4, -0.2) is 26.3 Å². The van der Waals surface area contributed by atoms with Crippen molar-refractivity contribution in [1.82, 2.24) is 0 Å². The first-order valence-corrected chi connectivity index (χ1v) is 8.22. The van der Waals surface area contributed by atoms with Gasteiger partial charge >= 0.3 is 5.97 Å². The molecule has 0 atom stereocenters. The third-order valence-corrected chi connectivity index (χ3v) is 3.92. The monoisotopic (exact) mass is 368 g/mol. The number of carbonyl (C=O) groups excluding carboxylic acids is 1. The fourth-order valence-electron chi connectivity index (χ4n) is 2.12. The van der Waals surface area contributed by atoms with Crippen LogP contribution in [0.25, 0.3) is 0 Å². The summed E-state index contributed by atoms with van der Waals surface area (Å²) in [5.74, 6) is 0.583. The quantitative estimate of drug-likeness (QED) is 0.658. The summed E-state index contributed by atoms with van der Waals surface area (Å²) in [5.41, 5.74) is 1.28. The lowest BCUT2D eigenvalue weighted by Gasteiger charge is -2.13. The van der Waals surface area contributed by atoms with Crippen molar-refractivity contribution >= 4 is 29.2 Å². The lowest BCUT2D eigenvalue weighted by molar-refractivity contribution is 0.0521. The largest absolute Gasteiger partial charge is 0.497 e. The molecule has 0 fully saturated rings. The SMILES string of the molecule is CCOC(=O)c1ccc(OC)cc1OCCc1ccc(Cl)cc1Cl. The molecular formula is C18H18Cl2O4. The molecule has 0 radical (unpaired) electrons. The molecule has 0 aliphatic rings. The van der Waals surface area contributed by atoms with E-state index in [9.17, 15) is 4.79 Å². The molecule has 0 unspecified atom stereocenters. The summed E-state index contributed by atoms with van der Waals surface area (Å²) in [5, 5.41) is 1.17. The van der Waals surface area contributed by atoms with Crippen LogP contribution < -0.4 is 9.47 Å². The van der Waals surface area contributed by atoms with E-state index < -0.39 is 5.97 Å². The van der Waals surface area contributed by atoms with Gasteiger partial charge in [0.1, 0.15) is 17.1 Å². The van der Waals surface area contributed by atoms with Gasteiger partial charge in [0.25, 0.3) is 0 Å². The molecule has 0 saturated carbocycles. The van der Waals surface area contributed by atoms with Gasteiger partial charge < -0.3 is 14.2 Å². The van der Waals surface area contributed by atoms with Crippen LogP contribution in [0, 0.1) is 0 Å². The van der Waals surface area contributed by atoms with Crippen molar-refractivity contribution in [3.05, 3.63) is 57.6 Å². The minimum Gasteiger partial charge on any atom is -0.497 e. The molecule has 0 heterocycles. The molecule has 24 heavy (non-hydrogen) atoms. The van der Waals surface area contributed by atoms with Crippen molar-refractivity contribution in [3.63, 3.8) is 0 Å². The second-order valence-electron chi connectivity index (χ2n) is 4.92. The fraction of sp³-hybridized carbons (Fsp3) is 0.278. The molecule has 2 rings (SSSR count). The first kappa shape index (κ1) is 18.4. The topological polar surface area (TPSA) is 44.8 Å². The standard InChI is InChI=1S/C18H18Cl2O4/c1-3-23-18(21)15-7-6-14(22-2)11-17(15)24-9-8-12-4-5-13(19)10-16(12)20/h4-7,10-11H,3,8-9H2,1-2H3. The zero-order valence-corrected chi connectivity index (χ0v) is 15.0. The van der Waals surface area contributed by atoms with E-state index in [4.69, 9.17) is 37.4 Å². The highest BCUT2D eigenvalue weighted by atomic mass is 35.5. The van der Waals surface area contributed by atoms with Gasteiger partial charge in [-0.1, -0.05) is 29.3 Å². The van der Waals surface area contributed by atoms with Crippen LogP contribution in [0.1, 0.15) is 22.8 Å². The molecule has 2 aromatic carbocycles. The van der Waals surface area contributed by atoms with E-state index in [0.717, 1.165) is 5.56 Å². The summed E-state index contributed by atoms with van der Waals surface area (Å²) >= 11 is 12.0. The van der Waals surface area contributed by atoms with Crippen molar-refractivity contribution in [2.75, 3.05) is 20.3 Å². The summed E-state index contributed by atoms with van der Waals surface area (Å²) in [6.45, 7) is 2.40. The molecule has 2 aromatic rings. The van der Waals surface area contributed by atoms with Gasteiger partial charge in [-0.25, -0.2) is 4.79 Å². The van der Waals surface area contributed by atoms with Gasteiger partial charge in [0.15, 0.2) is 0 Å². The van der Waals surface area contributed by atoms with Gasteiger partial charge in [0.05, 0.1) is 20.3 Å². The third-order valence-electron chi connectivity index (χ3n) is 3.33. The summed E-state index contributed by atoms with van der Waals surface area (Å²) < 4.78 is 16.0. The number of methoxy groups -OCH3 is 1. The number of esters is 1. The minimum absolute atomic E-state index is 0.296. The Morgan fingerprint density at radius 1 is 1.12 bits per heavy atom. The zero-order chi connectivity index (χ0) is 17.5. The number of rotatable bonds is 7. The smallest absolute Gasteiger partial charge is 0.341 e. The Hall–Kier alpha value is -1.91. The van der Waals surface area contributed by atoms with E-state index in [1.807, 2.05) is 6.07 Å². The average molecular weight is 369 g/mol. The van der Waals surface area contributed by atoms with Gasteiger partial charge in [-0.15, -0.1) is 0 Å². The molecule has 4 nitrogen and oxygen atoms in total. The Kier molecular flexibility index (Phi) is 6.76. The van der Waals surface area contributed by atoms with Crippen molar-refractivity contribution in [2.24, 2.45) is 0 Å². The fourth-order valence-corrected chi connectivity index (χ4v) is 2.62. The number of halogens is 2. The van der Waals surface area contributed by atoms with Crippen LogP contribution in [0.2, 0.25) is 10.0 Å². The molecule has 0 N–H and O–H groups in total. The van der Waals surface area contributed by atoms with E-state index in [2.05, 4.69) is 0 Å². The Bertz CT molecular complexity index is 716. The zero-order valence-electron chi connectivity index (χ0n) is 13.5. The van der Waals surface area contributed by atoms with E-state index in [-0.39, 0.29) is 0 Å². The Balaban J connectivity index is 2.11. The molecule has 0 aliphatic heterocycles. The molecular weight excluding hydrogens is 351 g/mol. The van der Waals surface area contributed by atoms with E-state index in [1.54, 1.807) is 44.4 Å². The minimum atomic E-state index is -0.431. The van der Waals surface area contributed by atoms with Crippen LogP contribution in [0.15, 0.2) is 36.4 Å². The Labute approximate surface area is 151 Å². The number of hydrogen-bond donors (Lipinski definition) is 0. The second kappa shape index (κ2) is 8.81. The lowest BCUT2D eigenvalue weighted by Crippen LogP contribution is -2.10. The number of carbonyl (C=O) groups is 1. The van der Waals surface area contributed by atoms with E-state index in [0.29, 0.717) is 46.7 Å². The van der Waals surface area contributed by atoms with Crippen LogP contribution >= 0.6 is 23.2 Å². The maximum atomic E-state index is 12.0. The first-order chi connectivity index (χ1) is 11.5. The second-order valence-corrected chi connectivity index (χ2v) is 5.76. The number of benzene rings is 2. The van der Waals surface area contributed by atoms with Crippen LogP contribution in [-0.2, 0) is 11.2 Å². The van der Waals surface area contributed by atoms with Crippen LogP contribution in [0.3, 0.4) is 0 Å². The molecule has 0 saturated heterocycles. The van der Waals surface area contributed by atoms with Gasteiger partial charge in [-0.2, -0.15) is 0 Å². The molecule has 0 spiro atoms. The highest BCUT2D eigenvalue weighted by Gasteiger charge is 2.15. The Morgan fingerprint density at radius 2 is 1.92 bits per heavy atom. The molecule has 128 valence electrons. The highest BCUT2D eigenvalue weighted by molar-refractivity contribution is 6.35. The maximum absolute atomic E-state index is 12.0. The number of hydrogen-bond acceptors (Lipinski definition) is 4. The van der Waals surface area contributed by atoms with E-state index >= 15 is 0 Å². The molecule has 6 heteroatoms. The molecule has 0 bridgehead atoms. The van der Waals surface area contributed by atoms with Gasteiger partial charge in [-0.3, -0.25) is 0 Å². The van der Waals surface area contributed by atoms with Crippen molar-refractivity contribution < 1.29 is 19.0 Å². The first-order valence-electron chi connectivity index (χ1n) is 7.47. The summed E-state index contributed by atoms with van der Waals surface area (Å²) in [7, 11) is 1.55. The predicted octanol–water partition coefficient (Wildman–Crippen LogP) is 4.80. The average Bonchev–Trinajstić information content (AvgIpc) is 2.57. The lowest BCUT2D eigenvalue weighted by atomic mass is 10.1. The van der Waals surface area contributed by atoms with Crippen LogP contribution in [0.5, 0.6) is 11.5 Å². The third kappa shape index (κ3) is 4.79. The Morgan fingerprint density at radius 3 is 2.58 bits per heavy atom. The van der Waals surface area contributed by atoms with Gasteiger partial charge in [0, 0.05) is 22.5 Å². The van der Waals surface area contributed by atoms with Crippen LogP contribution in [0.4, 0.5) is 0 Å². The number of ether oxygens (including phenoxy) is 3. The van der Waals surface area contributed by atoms with Crippen molar-refractivity contribution in [2.45, 2.75) is 13.3 Å². The molecule has 0 aliphatic carbocycles. The summed E-state index contributed by atoms with van der Waals surface area (Å²) in [6.07, 6.45) is 0.579. The van der Waals surface area contributed by atoms with Crippen molar-refractivity contribution in [3.8, 4) is 11.5 Å². The molecule has 0 amide bonds. The highest BCUT2D eigenvalue weighted by Crippen LogP contribution is 2.26. The summed E-state index contributed by atoms with van der Waals surface area (Å²) in [4.78, 5) is 12.0. The maximum Gasteiger partial charge on any atom is 0.341 e. The summed E-state index contributed by atoms with van der Waals surface area (Å²) in [6, 6.07) is 10.3. The van der Waals surface area contributed by atoms with Gasteiger partial charge in [-0.05, 0) is 36.8 Å². The van der Waals surface area contributed by atoms with Crippen molar-refractivity contribution in [1.29, 1.82) is 0 Å². The predicted molar refractivity (Wildman–Crippen MR) is 94.6 cm³/mol. The van der Waals surface area contributed by atoms with Gasteiger partial charge in [0.2, 0.25) is 0 Å². The normalized spacial score (nSPS) is 10.3. The van der Waals surface area contributed by atoms with E-state index in [1.165, 1.54) is 0 Å². The molecule has 0 aromatic heterocycles.